The number of guanidine groups is 1. The highest BCUT2D eigenvalue weighted by Crippen LogP contribution is 2.28. The van der Waals surface area contributed by atoms with E-state index in [-0.39, 0.29) is 0 Å². The number of nitrogens with zero attached hydrogens (tertiary/aromatic N) is 2. The molecule has 1 atom stereocenters. The molecule has 1 saturated heterocycles. The number of rotatable bonds is 7. The molecule has 1 unspecified atom stereocenters. The van der Waals surface area contributed by atoms with Crippen LogP contribution < -0.4 is 5.32 Å². The number of aliphatic imine (C=N–C) groups is 1. The number of nitrogens with one attached hydrogen (secondary N) is 1. The van der Waals surface area contributed by atoms with Crippen molar-refractivity contribution in [3.8, 4) is 0 Å². The van der Waals surface area contributed by atoms with Gasteiger partial charge >= 0.3 is 0 Å². The normalized spacial score (nSPS) is 21.7. The van der Waals surface area contributed by atoms with E-state index in [2.05, 4.69) is 45.5 Å². The molecule has 1 N–H and O–H groups in total. The highest BCUT2D eigenvalue weighted by Gasteiger charge is 2.25. The van der Waals surface area contributed by atoms with Gasteiger partial charge in [-0.2, -0.15) is 0 Å². The fourth-order valence-corrected chi connectivity index (χ4v) is 3.19. The van der Waals surface area contributed by atoms with Crippen LogP contribution in [0.5, 0.6) is 0 Å². The van der Waals surface area contributed by atoms with Gasteiger partial charge in [0.2, 0.25) is 0 Å². The minimum Gasteiger partial charge on any atom is -0.381 e. The molecule has 0 spiro atoms. The topological polar surface area (TPSA) is 36.9 Å². The summed E-state index contributed by atoms with van der Waals surface area (Å²) in [6.45, 7) is 4.88. The lowest BCUT2D eigenvalue weighted by Gasteiger charge is -2.21. The molecule has 1 aromatic carbocycles. The van der Waals surface area contributed by atoms with Gasteiger partial charge in [0.25, 0.3) is 0 Å². The van der Waals surface area contributed by atoms with Crippen LogP contribution in [0, 0.1) is 5.92 Å². The molecule has 0 amide bonds. The van der Waals surface area contributed by atoms with Crippen LogP contribution in [-0.2, 0) is 4.74 Å². The van der Waals surface area contributed by atoms with Crippen molar-refractivity contribution in [2.24, 2.45) is 10.9 Å². The maximum absolute atomic E-state index is 5.68. The Labute approximate surface area is 139 Å². The largest absolute Gasteiger partial charge is 0.381 e. The zero-order chi connectivity index (χ0) is 15.9. The van der Waals surface area contributed by atoms with E-state index >= 15 is 0 Å². The van der Waals surface area contributed by atoms with E-state index in [1.54, 1.807) is 0 Å². The van der Waals surface area contributed by atoms with Gasteiger partial charge in [0.15, 0.2) is 5.96 Å². The number of hydrogen-bond acceptors (Lipinski definition) is 2. The van der Waals surface area contributed by atoms with Crippen LogP contribution >= 0.6 is 0 Å². The molecule has 1 aliphatic carbocycles. The monoisotopic (exact) mass is 315 g/mol. The van der Waals surface area contributed by atoms with Crippen LogP contribution in [0.15, 0.2) is 35.3 Å². The van der Waals surface area contributed by atoms with Crippen molar-refractivity contribution in [2.45, 2.75) is 31.6 Å². The number of likely N-dealkylation sites (tertiary alicyclic amines) is 1. The molecule has 4 nitrogen and oxygen atoms in total. The lowest BCUT2D eigenvalue weighted by atomic mass is 9.99. The molecule has 1 heterocycles. The minimum absolute atomic E-state index is 0.622. The summed E-state index contributed by atoms with van der Waals surface area (Å²) in [7, 11) is 1.88. The molecule has 0 aromatic heterocycles. The van der Waals surface area contributed by atoms with E-state index < -0.39 is 0 Å². The van der Waals surface area contributed by atoms with Crippen LogP contribution in [0.2, 0.25) is 0 Å². The summed E-state index contributed by atoms with van der Waals surface area (Å²) in [5.74, 6) is 2.51. The lowest BCUT2D eigenvalue weighted by molar-refractivity contribution is 0.122. The SMILES string of the molecule is CN=C(NCCCOCC1CC1)N1CCC(c2ccccc2)C1. The molecule has 0 bridgehead atoms. The lowest BCUT2D eigenvalue weighted by Crippen LogP contribution is -2.40. The Hall–Kier alpha value is -1.55. The third-order valence-corrected chi connectivity index (χ3v) is 4.77. The Bertz CT molecular complexity index is 499. The molecule has 4 heteroatoms. The molecule has 1 aromatic rings. The Balaban J connectivity index is 1.37. The summed E-state index contributed by atoms with van der Waals surface area (Å²) in [6.07, 6.45) is 4.97. The van der Waals surface area contributed by atoms with E-state index in [4.69, 9.17) is 4.74 Å². The predicted molar refractivity (Wildman–Crippen MR) is 94.9 cm³/mol. The first kappa shape index (κ1) is 16.3. The zero-order valence-electron chi connectivity index (χ0n) is 14.2. The van der Waals surface area contributed by atoms with Gasteiger partial charge in [0.05, 0.1) is 0 Å². The third kappa shape index (κ3) is 4.96. The highest BCUT2D eigenvalue weighted by atomic mass is 16.5. The van der Waals surface area contributed by atoms with Gasteiger partial charge in [0, 0.05) is 45.8 Å². The van der Waals surface area contributed by atoms with Crippen LogP contribution in [0.25, 0.3) is 0 Å². The third-order valence-electron chi connectivity index (χ3n) is 4.77. The van der Waals surface area contributed by atoms with Gasteiger partial charge in [-0.15, -0.1) is 0 Å². The molecule has 126 valence electrons. The molecule has 1 aliphatic heterocycles. The van der Waals surface area contributed by atoms with E-state index in [9.17, 15) is 0 Å². The van der Waals surface area contributed by atoms with E-state index in [1.807, 2.05) is 7.05 Å². The Kier molecular flexibility index (Phi) is 5.92. The Morgan fingerprint density at radius 1 is 1.26 bits per heavy atom. The van der Waals surface area contributed by atoms with Crippen molar-refractivity contribution in [3.63, 3.8) is 0 Å². The van der Waals surface area contributed by atoms with E-state index in [0.29, 0.717) is 5.92 Å². The summed E-state index contributed by atoms with van der Waals surface area (Å²) in [5.41, 5.74) is 1.44. The first-order valence-corrected chi connectivity index (χ1v) is 8.95. The first-order valence-electron chi connectivity index (χ1n) is 8.95. The average Bonchev–Trinajstić information content (AvgIpc) is 3.29. The van der Waals surface area contributed by atoms with Crippen LogP contribution in [0.3, 0.4) is 0 Å². The number of hydrogen-bond donors (Lipinski definition) is 1. The summed E-state index contributed by atoms with van der Waals surface area (Å²) in [4.78, 5) is 6.82. The second-order valence-electron chi connectivity index (χ2n) is 6.69. The summed E-state index contributed by atoms with van der Waals surface area (Å²) < 4.78 is 5.68. The van der Waals surface area contributed by atoms with Gasteiger partial charge in [0.1, 0.15) is 0 Å². The smallest absolute Gasteiger partial charge is 0.193 e. The van der Waals surface area contributed by atoms with Crippen molar-refractivity contribution >= 4 is 5.96 Å². The summed E-state index contributed by atoms with van der Waals surface area (Å²) >= 11 is 0. The van der Waals surface area contributed by atoms with Crippen LogP contribution in [0.4, 0.5) is 0 Å². The molecule has 2 fully saturated rings. The molecule has 2 aliphatic rings. The molecule has 1 saturated carbocycles. The van der Waals surface area contributed by atoms with Crippen LogP contribution in [0.1, 0.15) is 37.2 Å². The molecular formula is C19H29N3O. The molecule has 23 heavy (non-hydrogen) atoms. The fraction of sp³-hybridized carbons (Fsp3) is 0.632. The quantitative estimate of drug-likeness (QED) is 0.477. The maximum atomic E-state index is 5.68. The fourth-order valence-electron chi connectivity index (χ4n) is 3.19. The van der Waals surface area contributed by atoms with Crippen molar-refractivity contribution in [3.05, 3.63) is 35.9 Å². The molecule has 3 rings (SSSR count). The Morgan fingerprint density at radius 2 is 2.09 bits per heavy atom. The Morgan fingerprint density at radius 3 is 2.83 bits per heavy atom. The standard InChI is InChI=1S/C19H29N3O/c1-20-19(21-11-5-13-23-15-16-8-9-16)22-12-10-18(14-22)17-6-3-2-4-7-17/h2-4,6-7,16,18H,5,8-15H2,1H3,(H,20,21). The maximum Gasteiger partial charge on any atom is 0.193 e. The zero-order valence-corrected chi connectivity index (χ0v) is 14.2. The molecular weight excluding hydrogens is 286 g/mol. The average molecular weight is 315 g/mol. The molecule has 0 radical (unpaired) electrons. The number of ether oxygens (including phenoxy) is 1. The van der Waals surface area contributed by atoms with Gasteiger partial charge in [-0.05, 0) is 37.2 Å². The number of benzene rings is 1. The van der Waals surface area contributed by atoms with Gasteiger partial charge in [-0.25, -0.2) is 0 Å². The van der Waals surface area contributed by atoms with Crippen LogP contribution in [-0.4, -0.2) is 50.8 Å². The van der Waals surface area contributed by atoms with Gasteiger partial charge < -0.3 is 15.0 Å². The van der Waals surface area contributed by atoms with Crippen molar-refractivity contribution in [1.82, 2.24) is 10.2 Å². The predicted octanol–water partition coefficient (Wildman–Crippen LogP) is 2.87. The first-order chi connectivity index (χ1) is 11.4. The van der Waals surface area contributed by atoms with E-state index in [0.717, 1.165) is 51.1 Å². The van der Waals surface area contributed by atoms with Crippen molar-refractivity contribution in [2.75, 3.05) is 39.9 Å². The second kappa shape index (κ2) is 8.34. The van der Waals surface area contributed by atoms with Crippen molar-refractivity contribution in [1.29, 1.82) is 0 Å². The van der Waals surface area contributed by atoms with Crippen molar-refractivity contribution < 1.29 is 4.74 Å². The minimum atomic E-state index is 0.622. The highest BCUT2D eigenvalue weighted by molar-refractivity contribution is 5.80. The second-order valence-corrected chi connectivity index (χ2v) is 6.69. The van der Waals surface area contributed by atoms with Gasteiger partial charge in [-0.1, -0.05) is 30.3 Å². The summed E-state index contributed by atoms with van der Waals surface area (Å²) in [6, 6.07) is 10.8. The van der Waals surface area contributed by atoms with E-state index in [1.165, 1.54) is 24.8 Å². The summed E-state index contributed by atoms with van der Waals surface area (Å²) in [5, 5.41) is 3.48. The van der Waals surface area contributed by atoms with Gasteiger partial charge in [-0.3, -0.25) is 4.99 Å².